The summed E-state index contributed by atoms with van der Waals surface area (Å²) in [4.78, 5) is 37.3. The molecule has 4 aliphatic rings. The van der Waals surface area contributed by atoms with Crippen molar-refractivity contribution < 1.29 is 24.2 Å². The number of nitrogens with one attached hydrogen (secondary N) is 2. The fraction of sp³-hybridized carbons (Fsp3) is 0.588. The number of ether oxygens (including phenoxy) is 1. The zero-order chi connectivity index (χ0) is 30.1. The summed E-state index contributed by atoms with van der Waals surface area (Å²) in [6, 6.07) is 8.07. The molecule has 2 amide bonds. The molecule has 0 unspecified atom stereocenters. The quantitative estimate of drug-likeness (QED) is 0.167. The number of phenols is 1. The second kappa shape index (κ2) is 11.9. The Kier molecular flexibility index (Phi) is 8.50. The molecular formula is C34H43N3O5. The van der Waals surface area contributed by atoms with Crippen LogP contribution in [0.15, 0.2) is 41.5 Å². The highest BCUT2D eigenvalue weighted by Gasteiger charge is 2.59. The normalized spacial score (nSPS) is 33.6. The van der Waals surface area contributed by atoms with Crippen molar-refractivity contribution in [2.45, 2.75) is 78.2 Å². The van der Waals surface area contributed by atoms with Crippen molar-refractivity contribution in [2.75, 3.05) is 13.1 Å². The van der Waals surface area contributed by atoms with Gasteiger partial charge in [0.05, 0.1) is 0 Å². The second-order valence-electron chi connectivity index (χ2n) is 13.3. The highest BCUT2D eigenvalue weighted by atomic mass is 16.6. The minimum Gasteiger partial charge on any atom is -0.508 e. The molecule has 0 radical (unpaired) electrons. The molecule has 0 heterocycles. The van der Waals surface area contributed by atoms with E-state index in [2.05, 4.69) is 30.6 Å². The highest BCUT2D eigenvalue weighted by Crippen LogP contribution is 2.66. The third kappa shape index (κ3) is 5.71. The number of nitriles is 1. The van der Waals surface area contributed by atoms with Gasteiger partial charge < -0.3 is 20.5 Å². The zero-order valence-corrected chi connectivity index (χ0v) is 24.9. The van der Waals surface area contributed by atoms with E-state index in [1.807, 2.05) is 6.07 Å². The van der Waals surface area contributed by atoms with Gasteiger partial charge in [-0.15, -0.1) is 0 Å². The SMILES string of the molecule is CC(=O)[C@H]1CC[C@H]2[C@@H]3CC=C4C[C@@H](OC(=O)NCCNC(=O)/C(C#N)=C/c5ccc(O)cc5)CC[C@]4(C)[C@H]3CC[C@]12C. The first-order valence-electron chi connectivity index (χ1n) is 15.4. The van der Waals surface area contributed by atoms with Crippen molar-refractivity contribution in [3.05, 3.63) is 47.1 Å². The first-order chi connectivity index (χ1) is 20.0. The molecule has 4 aliphatic carbocycles. The molecule has 0 saturated heterocycles. The summed E-state index contributed by atoms with van der Waals surface area (Å²) in [7, 11) is 0. The van der Waals surface area contributed by atoms with Crippen LogP contribution in [0.4, 0.5) is 4.79 Å². The minimum absolute atomic E-state index is 0.0642. The standard InChI is InChI=1S/C34H43N3O5/c1-21(38)28-10-11-29-27-9-6-24-19-26(12-14-33(24,2)30(27)13-15-34(28,29)3)42-32(41)37-17-16-36-31(40)23(20-35)18-22-4-7-25(39)8-5-22/h4-8,18,26-30,39H,9-17,19H2,1-3H3,(H,36,40)(H,37,41)/b23-18+/t26-,27-,28+,29-,30-,33-,34+/m0/s1. The van der Waals surface area contributed by atoms with Gasteiger partial charge in [-0.1, -0.05) is 37.6 Å². The van der Waals surface area contributed by atoms with Crippen LogP contribution in [0.1, 0.15) is 77.7 Å². The number of alkyl carbamates (subject to hydrolysis) is 1. The summed E-state index contributed by atoms with van der Waals surface area (Å²) in [6.07, 6.45) is 11.4. The summed E-state index contributed by atoms with van der Waals surface area (Å²) in [5.41, 5.74) is 2.26. The first-order valence-corrected chi connectivity index (χ1v) is 15.4. The van der Waals surface area contributed by atoms with Gasteiger partial charge in [-0.25, -0.2) is 4.79 Å². The van der Waals surface area contributed by atoms with Gasteiger partial charge in [-0.2, -0.15) is 5.26 Å². The van der Waals surface area contributed by atoms with Crippen LogP contribution >= 0.6 is 0 Å². The molecule has 1 aromatic carbocycles. The maximum Gasteiger partial charge on any atom is 0.407 e. The number of allylic oxidation sites excluding steroid dienone is 1. The second-order valence-corrected chi connectivity index (χ2v) is 13.3. The van der Waals surface area contributed by atoms with Crippen LogP contribution in [-0.4, -0.2) is 42.1 Å². The number of carbonyl (C=O) groups is 3. The number of amides is 2. The van der Waals surface area contributed by atoms with Gasteiger partial charge in [0.1, 0.15) is 29.3 Å². The number of Topliss-reactive ketones (excluding diaryl/α,β-unsaturated/α-hetero) is 1. The van der Waals surface area contributed by atoms with E-state index in [4.69, 9.17) is 4.74 Å². The number of carbonyl (C=O) groups excluding carboxylic acids is 3. The highest BCUT2D eigenvalue weighted by molar-refractivity contribution is 6.01. The van der Waals surface area contributed by atoms with Crippen LogP contribution in [0.5, 0.6) is 5.75 Å². The van der Waals surface area contributed by atoms with Crippen LogP contribution in [0, 0.1) is 45.8 Å². The lowest BCUT2D eigenvalue weighted by atomic mass is 9.47. The van der Waals surface area contributed by atoms with E-state index in [1.54, 1.807) is 19.1 Å². The topological polar surface area (TPSA) is 129 Å². The third-order valence-electron chi connectivity index (χ3n) is 11.1. The van der Waals surface area contributed by atoms with E-state index >= 15 is 0 Å². The summed E-state index contributed by atoms with van der Waals surface area (Å²) < 4.78 is 5.79. The number of hydrogen-bond acceptors (Lipinski definition) is 6. The third-order valence-corrected chi connectivity index (χ3v) is 11.1. The average Bonchev–Trinajstić information content (AvgIpc) is 3.32. The number of hydrogen-bond donors (Lipinski definition) is 3. The molecule has 3 saturated carbocycles. The van der Waals surface area contributed by atoms with Crippen molar-refractivity contribution in [1.29, 1.82) is 5.26 Å². The van der Waals surface area contributed by atoms with Crippen LogP contribution < -0.4 is 10.6 Å². The van der Waals surface area contributed by atoms with Crippen molar-refractivity contribution in [3.8, 4) is 11.8 Å². The maximum atomic E-state index is 12.6. The molecule has 3 fully saturated rings. The lowest BCUT2D eigenvalue weighted by Gasteiger charge is -2.58. The number of benzene rings is 1. The van der Waals surface area contributed by atoms with Crippen LogP contribution in [0.25, 0.3) is 6.08 Å². The van der Waals surface area contributed by atoms with Crippen molar-refractivity contribution in [3.63, 3.8) is 0 Å². The molecule has 7 atom stereocenters. The number of fused-ring (bicyclic) bond motifs is 5. The Morgan fingerprint density at radius 2 is 1.79 bits per heavy atom. The van der Waals surface area contributed by atoms with Gasteiger partial charge in [0.25, 0.3) is 5.91 Å². The van der Waals surface area contributed by atoms with Gasteiger partial charge in [0.15, 0.2) is 0 Å². The molecule has 0 bridgehead atoms. The summed E-state index contributed by atoms with van der Waals surface area (Å²) in [5, 5.41) is 24.1. The van der Waals surface area contributed by atoms with E-state index in [-0.39, 0.29) is 47.3 Å². The van der Waals surface area contributed by atoms with Crippen molar-refractivity contribution in [1.82, 2.24) is 10.6 Å². The first kappa shape index (κ1) is 29.9. The zero-order valence-electron chi connectivity index (χ0n) is 24.9. The monoisotopic (exact) mass is 573 g/mol. The lowest BCUT2D eigenvalue weighted by molar-refractivity contribution is -0.127. The van der Waals surface area contributed by atoms with E-state index in [9.17, 15) is 24.8 Å². The fourth-order valence-electron chi connectivity index (χ4n) is 8.91. The molecule has 0 aliphatic heterocycles. The van der Waals surface area contributed by atoms with E-state index in [0.717, 1.165) is 38.5 Å². The fourth-order valence-corrected chi connectivity index (χ4v) is 8.91. The number of aromatic hydroxyl groups is 1. The Balaban J connectivity index is 1.10. The number of phenolic OH excluding ortho intramolecular Hbond substituents is 1. The Hall–Kier alpha value is -3.60. The molecule has 42 heavy (non-hydrogen) atoms. The molecule has 8 nitrogen and oxygen atoms in total. The molecule has 224 valence electrons. The Bertz CT molecular complexity index is 1330. The molecule has 0 spiro atoms. The van der Waals surface area contributed by atoms with Crippen LogP contribution in [0.2, 0.25) is 0 Å². The molecule has 3 N–H and O–H groups in total. The van der Waals surface area contributed by atoms with Gasteiger partial charge in [-0.3, -0.25) is 9.59 Å². The predicted molar refractivity (Wildman–Crippen MR) is 159 cm³/mol. The maximum absolute atomic E-state index is 12.6. The minimum atomic E-state index is -0.535. The van der Waals surface area contributed by atoms with E-state index in [1.165, 1.54) is 36.6 Å². The van der Waals surface area contributed by atoms with Gasteiger partial charge in [0.2, 0.25) is 0 Å². The molecular weight excluding hydrogens is 530 g/mol. The Labute approximate surface area is 248 Å². The number of rotatable bonds is 7. The van der Waals surface area contributed by atoms with E-state index in [0.29, 0.717) is 29.1 Å². The van der Waals surface area contributed by atoms with Crippen molar-refractivity contribution >= 4 is 23.9 Å². The van der Waals surface area contributed by atoms with Gasteiger partial charge in [0, 0.05) is 25.4 Å². The summed E-state index contributed by atoms with van der Waals surface area (Å²) >= 11 is 0. The molecule has 1 aromatic rings. The van der Waals surface area contributed by atoms with Gasteiger partial charge in [-0.05, 0) is 104 Å². The predicted octanol–water partition coefficient (Wildman–Crippen LogP) is 5.68. The molecule has 8 heteroatoms. The van der Waals surface area contributed by atoms with Gasteiger partial charge >= 0.3 is 6.09 Å². The number of nitrogens with zero attached hydrogens (tertiary/aromatic N) is 1. The molecule has 5 rings (SSSR count). The van der Waals surface area contributed by atoms with Crippen LogP contribution in [-0.2, 0) is 14.3 Å². The average molecular weight is 574 g/mol. The molecule has 0 aromatic heterocycles. The Morgan fingerprint density at radius 3 is 2.50 bits per heavy atom. The summed E-state index contributed by atoms with van der Waals surface area (Å²) in [5.74, 6) is 2.03. The van der Waals surface area contributed by atoms with Crippen LogP contribution in [0.3, 0.4) is 0 Å². The smallest absolute Gasteiger partial charge is 0.407 e. The Morgan fingerprint density at radius 1 is 1.05 bits per heavy atom. The van der Waals surface area contributed by atoms with Crippen molar-refractivity contribution in [2.24, 2.45) is 34.5 Å². The largest absolute Gasteiger partial charge is 0.508 e. The summed E-state index contributed by atoms with van der Waals surface area (Å²) in [6.45, 7) is 6.91. The van der Waals surface area contributed by atoms with E-state index < -0.39 is 12.0 Å². The lowest BCUT2D eigenvalue weighted by Crippen LogP contribution is -2.51. The number of ketones is 1.